The maximum absolute atomic E-state index is 2.46. The molecule has 0 bridgehead atoms. The van der Waals surface area contributed by atoms with Crippen molar-refractivity contribution in [1.82, 2.24) is 0 Å². The van der Waals surface area contributed by atoms with Gasteiger partial charge in [0.25, 0.3) is 0 Å². The Labute approximate surface area is 367 Å². The lowest BCUT2D eigenvalue weighted by Gasteiger charge is -2.30. The molecule has 0 radical (unpaired) electrons. The molecule has 0 aliphatic rings. The molecule has 0 N–H and O–H groups in total. The molecule has 0 unspecified atom stereocenters. The molecule has 0 atom stereocenters. The highest BCUT2D eigenvalue weighted by molar-refractivity contribution is 6.22. The number of fused-ring (bicyclic) bond motifs is 7. The minimum absolute atomic E-state index is 1.09. The standard InChI is InChI=1S/C62H41N/c1-3-17-42(18-4-1)50-25-15-16-30-61(50)63(48-34-31-45(32-35-48)58-40-47-23-8-7-22-46(47)39-57(58)43-19-5-2-6-20-43)62-38-37-55(52-27-13-14-29-56(52)62)60-41-59-49-24-10-9-21-44(49)33-36-54(59)51-26-11-12-28-53(51)60/h1-41H. The van der Waals surface area contributed by atoms with Crippen LogP contribution in [0.1, 0.15) is 0 Å². The van der Waals surface area contributed by atoms with Crippen LogP contribution in [0.5, 0.6) is 0 Å². The van der Waals surface area contributed by atoms with E-state index in [1.807, 2.05) is 0 Å². The van der Waals surface area contributed by atoms with Crippen LogP contribution >= 0.6 is 0 Å². The number of anilines is 3. The van der Waals surface area contributed by atoms with Gasteiger partial charge in [-0.3, -0.25) is 0 Å². The Morgan fingerprint density at radius 2 is 0.698 bits per heavy atom. The van der Waals surface area contributed by atoms with Crippen molar-refractivity contribution in [2.24, 2.45) is 0 Å². The highest BCUT2D eigenvalue weighted by Gasteiger charge is 2.22. The van der Waals surface area contributed by atoms with E-state index in [0.717, 1.165) is 17.1 Å². The Hall–Kier alpha value is -8.26. The molecule has 0 aliphatic carbocycles. The lowest BCUT2D eigenvalue weighted by Crippen LogP contribution is -2.12. The van der Waals surface area contributed by atoms with Crippen molar-refractivity contribution in [2.75, 3.05) is 4.90 Å². The number of nitrogens with zero attached hydrogens (tertiary/aromatic N) is 1. The minimum atomic E-state index is 1.09. The van der Waals surface area contributed by atoms with E-state index in [1.54, 1.807) is 0 Å². The predicted octanol–water partition coefficient (Wildman–Crippen LogP) is 17.6. The first-order valence-electron chi connectivity index (χ1n) is 21.8. The van der Waals surface area contributed by atoms with E-state index in [1.165, 1.54) is 98.4 Å². The van der Waals surface area contributed by atoms with Gasteiger partial charge in [-0.2, -0.15) is 0 Å². The Bertz CT molecular complexity index is 3660. The van der Waals surface area contributed by atoms with Crippen LogP contribution in [0.25, 0.3) is 98.4 Å². The molecule has 12 aromatic carbocycles. The van der Waals surface area contributed by atoms with E-state index in [0.29, 0.717) is 0 Å². The number of rotatable bonds is 7. The van der Waals surface area contributed by atoms with Crippen LogP contribution in [0.15, 0.2) is 249 Å². The highest BCUT2D eigenvalue weighted by Crippen LogP contribution is 2.47. The highest BCUT2D eigenvalue weighted by atomic mass is 15.1. The molecule has 63 heavy (non-hydrogen) atoms. The number of hydrogen-bond acceptors (Lipinski definition) is 1. The van der Waals surface area contributed by atoms with Crippen molar-refractivity contribution in [3.8, 4) is 44.5 Å². The summed E-state index contributed by atoms with van der Waals surface area (Å²) >= 11 is 0. The van der Waals surface area contributed by atoms with Crippen LogP contribution in [0, 0.1) is 0 Å². The lowest BCUT2D eigenvalue weighted by atomic mass is 9.88. The second-order valence-electron chi connectivity index (χ2n) is 16.4. The lowest BCUT2D eigenvalue weighted by molar-refractivity contribution is 1.30. The maximum atomic E-state index is 2.46. The van der Waals surface area contributed by atoms with Crippen LogP contribution in [0.3, 0.4) is 0 Å². The summed E-state index contributed by atoms with van der Waals surface area (Å²) in [5, 5.41) is 12.5. The van der Waals surface area contributed by atoms with Crippen molar-refractivity contribution in [1.29, 1.82) is 0 Å². The summed E-state index contributed by atoms with van der Waals surface area (Å²) in [6.07, 6.45) is 0. The van der Waals surface area contributed by atoms with Crippen molar-refractivity contribution in [2.45, 2.75) is 0 Å². The Kier molecular flexibility index (Phi) is 8.90. The van der Waals surface area contributed by atoms with E-state index in [4.69, 9.17) is 0 Å². The van der Waals surface area contributed by atoms with Crippen molar-refractivity contribution < 1.29 is 0 Å². The zero-order valence-corrected chi connectivity index (χ0v) is 34.6. The molecule has 0 fully saturated rings. The molecular formula is C62H41N. The summed E-state index contributed by atoms with van der Waals surface area (Å²) in [7, 11) is 0. The van der Waals surface area contributed by atoms with Gasteiger partial charge in [0.1, 0.15) is 0 Å². The molecule has 0 saturated carbocycles. The Morgan fingerprint density at radius 3 is 1.38 bits per heavy atom. The quantitative estimate of drug-likeness (QED) is 0.145. The van der Waals surface area contributed by atoms with Crippen molar-refractivity contribution >= 4 is 70.9 Å². The second-order valence-corrected chi connectivity index (χ2v) is 16.4. The smallest absolute Gasteiger partial charge is 0.0540 e. The van der Waals surface area contributed by atoms with Crippen molar-refractivity contribution in [3.63, 3.8) is 0 Å². The van der Waals surface area contributed by atoms with Gasteiger partial charge in [-0.05, 0) is 130 Å². The summed E-state index contributed by atoms with van der Waals surface area (Å²) in [5.41, 5.74) is 13.0. The predicted molar refractivity (Wildman–Crippen MR) is 270 cm³/mol. The molecule has 0 aliphatic heterocycles. The molecule has 1 nitrogen and oxygen atoms in total. The molecule has 0 amide bonds. The average Bonchev–Trinajstić information content (AvgIpc) is 3.36. The van der Waals surface area contributed by atoms with E-state index < -0.39 is 0 Å². The first kappa shape index (κ1) is 36.6. The van der Waals surface area contributed by atoms with Gasteiger partial charge in [0.2, 0.25) is 0 Å². The first-order valence-corrected chi connectivity index (χ1v) is 21.8. The van der Waals surface area contributed by atoms with Crippen LogP contribution in [-0.4, -0.2) is 0 Å². The summed E-state index contributed by atoms with van der Waals surface area (Å²) in [6.45, 7) is 0. The largest absolute Gasteiger partial charge is 0.309 e. The van der Waals surface area contributed by atoms with Gasteiger partial charge in [0, 0.05) is 16.6 Å². The number of para-hydroxylation sites is 1. The Morgan fingerprint density at radius 1 is 0.206 bits per heavy atom. The van der Waals surface area contributed by atoms with Gasteiger partial charge in [-0.1, -0.05) is 206 Å². The van der Waals surface area contributed by atoms with E-state index in [9.17, 15) is 0 Å². The summed E-state index contributed by atoms with van der Waals surface area (Å²) in [6, 6.07) is 91.1. The van der Waals surface area contributed by atoms with Crippen LogP contribution in [-0.2, 0) is 0 Å². The van der Waals surface area contributed by atoms with Crippen molar-refractivity contribution in [3.05, 3.63) is 249 Å². The van der Waals surface area contributed by atoms with Gasteiger partial charge < -0.3 is 4.90 Å². The van der Waals surface area contributed by atoms with Crippen LogP contribution in [0.2, 0.25) is 0 Å². The molecule has 1 heteroatoms. The van der Waals surface area contributed by atoms with E-state index in [2.05, 4.69) is 254 Å². The average molecular weight is 800 g/mol. The maximum Gasteiger partial charge on any atom is 0.0540 e. The van der Waals surface area contributed by atoms with E-state index in [-0.39, 0.29) is 0 Å². The fourth-order valence-corrected chi connectivity index (χ4v) is 9.86. The third kappa shape index (κ3) is 6.33. The fraction of sp³-hybridized carbons (Fsp3) is 0. The van der Waals surface area contributed by atoms with Gasteiger partial charge in [0.15, 0.2) is 0 Å². The monoisotopic (exact) mass is 799 g/mol. The number of benzene rings is 12. The Balaban J connectivity index is 1.08. The minimum Gasteiger partial charge on any atom is -0.309 e. The third-order valence-electron chi connectivity index (χ3n) is 12.8. The number of hydrogen-bond donors (Lipinski definition) is 0. The molecule has 294 valence electrons. The molecule has 0 saturated heterocycles. The molecule has 0 heterocycles. The molecular weight excluding hydrogens is 759 g/mol. The van der Waals surface area contributed by atoms with E-state index >= 15 is 0 Å². The van der Waals surface area contributed by atoms with Crippen LogP contribution < -0.4 is 4.90 Å². The first-order chi connectivity index (χ1) is 31.3. The van der Waals surface area contributed by atoms with Gasteiger partial charge in [-0.15, -0.1) is 0 Å². The van der Waals surface area contributed by atoms with Crippen LogP contribution in [0.4, 0.5) is 17.1 Å². The molecule has 0 spiro atoms. The normalized spacial score (nSPS) is 11.5. The molecule has 12 aromatic rings. The summed E-state index contributed by atoms with van der Waals surface area (Å²) in [5.74, 6) is 0. The summed E-state index contributed by atoms with van der Waals surface area (Å²) < 4.78 is 0. The topological polar surface area (TPSA) is 3.24 Å². The zero-order chi connectivity index (χ0) is 41.7. The van der Waals surface area contributed by atoms with Gasteiger partial charge >= 0.3 is 0 Å². The van der Waals surface area contributed by atoms with Gasteiger partial charge in [0.05, 0.1) is 11.4 Å². The van der Waals surface area contributed by atoms with Gasteiger partial charge in [-0.25, -0.2) is 0 Å². The third-order valence-corrected chi connectivity index (χ3v) is 12.8. The fourth-order valence-electron chi connectivity index (χ4n) is 9.86. The second kappa shape index (κ2) is 15.3. The SMILES string of the molecule is c1ccc(-c2cc3ccccc3cc2-c2ccc(N(c3ccccc3-c3ccccc3)c3ccc(-c4cc5c6ccccc6ccc5c5ccccc45)c4ccccc34)cc2)cc1. The molecule has 0 aromatic heterocycles. The zero-order valence-electron chi connectivity index (χ0n) is 34.6. The summed E-state index contributed by atoms with van der Waals surface area (Å²) in [4.78, 5) is 2.46. The molecule has 12 rings (SSSR count).